The van der Waals surface area contributed by atoms with Gasteiger partial charge in [0, 0.05) is 56.4 Å². The fraction of sp³-hybridized carbons (Fsp3) is 0.750. The highest BCUT2D eigenvalue weighted by molar-refractivity contribution is 5.91. The van der Waals surface area contributed by atoms with Crippen molar-refractivity contribution in [3.05, 3.63) is 17.1 Å². The summed E-state index contributed by atoms with van der Waals surface area (Å²) in [5.74, 6) is 0.650. The zero-order valence-electron chi connectivity index (χ0n) is 17.7. The minimum absolute atomic E-state index is 0.0798. The number of anilines is 1. The van der Waals surface area contributed by atoms with Crippen molar-refractivity contribution in [2.75, 3.05) is 45.2 Å². The van der Waals surface area contributed by atoms with Crippen LogP contribution >= 0.6 is 0 Å². The van der Waals surface area contributed by atoms with Gasteiger partial charge in [-0.3, -0.25) is 4.79 Å². The zero-order chi connectivity index (χ0) is 20.5. The summed E-state index contributed by atoms with van der Waals surface area (Å²) in [7, 11) is 4.18. The largest absolute Gasteiger partial charge is 0.388 e. The number of nitrogens with zero attached hydrogens (tertiary/aromatic N) is 4. The lowest BCUT2D eigenvalue weighted by molar-refractivity contribution is -0.133. The van der Waals surface area contributed by atoms with Crippen LogP contribution in [-0.4, -0.2) is 84.0 Å². The molecular formula is C20H33N5O3. The van der Waals surface area contributed by atoms with Crippen LogP contribution in [-0.2, 0) is 4.74 Å². The second kappa shape index (κ2) is 8.31. The van der Waals surface area contributed by atoms with Gasteiger partial charge in [-0.15, -0.1) is 0 Å². The van der Waals surface area contributed by atoms with Crippen LogP contribution in [0.2, 0.25) is 0 Å². The second-order valence-electron chi connectivity index (χ2n) is 8.33. The van der Waals surface area contributed by atoms with Crippen molar-refractivity contribution in [3.8, 4) is 0 Å². The number of hydrogen-bond donors (Lipinski definition) is 2. The SMILES string of the molecule is CCOC1CC(O)(CNC(=O)c2nc(C)c(C)c(N3CC[C@@H](N(C)C)C3)n2)C1. The van der Waals surface area contributed by atoms with Crippen molar-refractivity contribution in [1.82, 2.24) is 20.2 Å². The Morgan fingerprint density at radius 3 is 2.68 bits per heavy atom. The van der Waals surface area contributed by atoms with E-state index < -0.39 is 5.60 Å². The molecule has 0 radical (unpaired) electrons. The molecule has 0 spiro atoms. The second-order valence-corrected chi connectivity index (χ2v) is 8.33. The standard InChI is InChI=1S/C20H33N5O3/c1-6-28-16-9-20(27,10-16)12-21-19(26)17-22-14(3)13(2)18(23-17)25-8-7-15(11-25)24(4)5/h15-16,27H,6-12H2,1-5H3,(H,21,26)/t15-,16?,20?/m1/s1. The lowest BCUT2D eigenvalue weighted by Gasteiger charge is -2.43. The first kappa shape index (κ1) is 21.0. The lowest BCUT2D eigenvalue weighted by atomic mass is 9.77. The van der Waals surface area contributed by atoms with Crippen molar-refractivity contribution in [1.29, 1.82) is 0 Å². The molecule has 8 nitrogen and oxygen atoms in total. The van der Waals surface area contributed by atoms with Gasteiger partial charge in [-0.2, -0.15) is 0 Å². The van der Waals surface area contributed by atoms with Gasteiger partial charge in [-0.1, -0.05) is 0 Å². The number of hydrogen-bond acceptors (Lipinski definition) is 7. The maximum atomic E-state index is 12.6. The van der Waals surface area contributed by atoms with Gasteiger partial charge in [-0.05, 0) is 41.3 Å². The predicted molar refractivity (Wildman–Crippen MR) is 108 cm³/mol. The van der Waals surface area contributed by atoms with Crippen LogP contribution in [0, 0.1) is 13.8 Å². The van der Waals surface area contributed by atoms with Crippen LogP contribution < -0.4 is 10.2 Å². The highest BCUT2D eigenvalue weighted by atomic mass is 16.5. The number of aliphatic hydroxyl groups is 1. The van der Waals surface area contributed by atoms with E-state index in [2.05, 4.69) is 39.2 Å². The maximum Gasteiger partial charge on any atom is 0.289 e. The number of likely N-dealkylation sites (N-methyl/N-ethyl adjacent to an activating group) is 1. The highest BCUT2D eigenvalue weighted by Crippen LogP contribution is 2.34. The molecule has 0 bridgehead atoms. The number of carbonyl (C=O) groups is 1. The molecule has 8 heteroatoms. The van der Waals surface area contributed by atoms with Crippen LogP contribution in [0.3, 0.4) is 0 Å². The molecule has 2 fully saturated rings. The first-order valence-electron chi connectivity index (χ1n) is 10.1. The smallest absolute Gasteiger partial charge is 0.289 e. The number of ether oxygens (including phenoxy) is 1. The Hall–Kier alpha value is -1.77. The summed E-state index contributed by atoms with van der Waals surface area (Å²) in [5.41, 5.74) is 0.918. The van der Waals surface area contributed by atoms with Gasteiger partial charge in [0.15, 0.2) is 0 Å². The molecule has 2 heterocycles. The predicted octanol–water partition coefficient (Wildman–Crippen LogP) is 0.894. The Labute approximate surface area is 167 Å². The molecule has 0 aromatic carbocycles. The summed E-state index contributed by atoms with van der Waals surface area (Å²) < 4.78 is 5.49. The van der Waals surface area contributed by atoms with Gasteiger partial charge < -0.3 is 25.0 Å². The summed E-state index contributed by atoms with van der Waals surface area (Å²) in [6.07, 6.45) is 2.24. The van der Waals surface area contributed by atoms with Gasteiger partial charge in [0.25, 0.3) is 5.91 Å². The molecule has 0 unspecified atom stereocenters. The monoisotopic (exact) mass is 391 g/mol. The summed E-state index contributed by atoms with van der Waals surface area (Å²) >= 11 is 0. The molecule has 1 aromatic heterocycles. The van der Waals surface area contributed by atoms with Gasteiger partial charge in [0.2, 0.25) is 5.82 Å². The van der Waals surface area contributed by atoms with E-state index in [1.165, 1.54) is 0 Å². The van der Waals surface area contributed by atoms with Crippen LogP contribution in [0.1, 0.15) is 48.1 Å². The Bertz CT molecular complexity index is 718. The molecule has 2 N–H and O–H groups in total. The molecule has 2 aliphatic rings. The number of nitrogens with one attached hydrogen (secondary N) is 1. The first-order valence-corrected chi connectivity index (χ1v) is 10.1. The highest BCUT2D eigenvalue weighted by Gasteiger charge is 2.43. The average Bonchev–Trinajstić information content (AvgIpc) is 3.11. The van der Waals surface area contributed by atoms with Gasteiger partial charge in [0.05, 0.1) is 11.7 Å². The molecule has 1 amide bonds. The molecule has 1 saturated carbocycles. The number of aryl methyl sites for hydroxylation is 1. The summed E-state index contributed by atoms with van der Waals surface area (Å²) in [6, 6.07) is 0.484. The van der Waals surface area contributed by atoms with Gasteiger partial charge in [0.1, 0.15) is 5.82 Å². The van der Waals surface area contributed by atoms with Gasteiger partial charge in [-0.25, -0.2) is 9.97 Å². The van der Waals surface area contributed by atoms with E-state index in [4.69, 9.17) is 4.74 Å². The average molecular weight is 392 g/mol. The van der Waals surface area contributed by atoms with E-state index in [0.29, 0.717) is 25.5 Å². The Morgan fingerprint density at radius 1 is 1.36 bits per heavy atom. The van der Waals surface area contributed by atoms with E-state index in [-0.39, 0.29) is 24.4 Å². The molecule has 1 aliphatic heterocycles. The van der Waals surface area contributed by atoms with Crippen molar-refractivity contribution >= 4 is 11.7 Å². The summed E-state index contributed by atoms with van der Waals surface area (Å²) in [4.78, 5) is 26.1. The minimum Gasteiger partial charge on any atom is -0.388 e. The molecule has 1 aromatic rings. The van der Waals surface area contributed by atoms with Crippen LogP contribution in [0.25, 0.3) is 0 Å². The van der Waals surface area contributed by atoms with Gasteiger partial charge >= 0.3 is 0 Å². The quantitative estimate of drug-likeness (QED) is 0.713. The molecule has 1 atom stereocenters. The molecular weight excluding hydrogens is 358 g/mol. The van der Waals surface area contributed by atoms with Crippen LogP contribution in [0.15, 0.2) is 0 Å². The van der Waals surface area contributed by atoms with Crippen LogP contribution in [0.4, 0.5) is 5.82 Å². The third-order valence-corrected chi connectivity index (χ3v) is 5.96. The molecule has 3 rings (SSSR count). The topological polar surface area (TPSA) is 90.8 Å². The van der Waals surface area contributed by atoms with E-state index in [0.717, 1.165) is 36.6 Å². The van der Waals surface area contributed by atoms with E-state index >= 15 is 0 Å². The number of carbonyl (C=O) groups excluding carboxylic acids is 1. The van der Waals surface area contributed by atoms with Crippen molar-refractivity contribution in [2.24, 2.45) is 0 Å². The number of rotatable bonds is 7. The molecule has 156 valence electrons. The summed E-state index contributed by atoms with van der Waals surface area (Å²) in [5, 5.41) is 13.3. The first-order chi connectivity index (χ1) is 13.2. The Morgan fingerprint density at radius 2 is 2.07 bits per heavy atom. The lowest BCUT2D eigenvalue weighted by Crippen LogP contribution is -2.55. The molecule has 1 saturated heterocycles. The van der Waals surface area contributed by atoms with E-state index in [9.17, 15) is 9.90 Å². The number of amides is 1. The Kier molecular flexibility index (Phi) is 6.21. The van der Waals surface area contributed by atoms with Crippen LogP contribution in [0.5, 0.6) is 0 Å². The normalized spacial score (nSPS) is 27.2. The Balaban J connectivity index is 1.66. The third-order valence-electron chi connectivity index (χ3n) is 5.96. The zero-order valence-corrected chi connectivity index (χ0v) is 17.7. The van der Waals surface area contributed by atoms with Crippen molar-refractivity contribution in [3.63, 3.8) is 0 Å². The minimum atomic E-state index is -0.897. The third kappa shape index (κ3) is 4.45. The maximum absolute atomic E-state index is 12.6. The number of aromatic nitrogens is 2. The van der Waals surface area contributed by atoms with E-state index in [1.807, 2.05) is 20.8 Å². The summed E-state index contributed by atoms with van der Waals surface area (Å²) in [6.45, 7) is 8.48. The fourth-order valence-electron chi connectivity index (χ4n) is 3.99. The van der Waals surface area contributed by atoms with E-state index in [1.54, 1.807) is 0 Å². The van der Waals surface area contributed by atoms with Crippen molar-refractivity contribution < 1.29 is 14.6 Å². The molecule has 28 heavy (non-hydrogen) atoms. The van der Waals surface area contributed by atoms with Crippen molar-refractivity contribution in [2.45, 2.75) is 57.8 Å². The fourth-order valence-corrected chi connectivity index (χ4v) is 3.99. The molecule has 1 aliphatic carbocycles.